The SMILES string of the molecule is Cc1ccc(N2c3ccccc3B3c4ccccc4-c4cccc2c43)cc1.Cc1ccc2c3c1N(c1ccccc1)c1ccccc1B3c1ccccc1-2.Cc1cccc(N2c3ccccc3B3c4ccccc4-c4cccc2c43)c1.Cc1ccccc1N1c2ccccc2B2c3ccccc3-c3cccc1c32. The molecule has 16 aromatic carbocycles. The van der Waals surface area contributed by atoms with Crippen LogP contribution in [0.25, 0.3) is 44.5 Å². The van der Waals surface area contributed by atoms with E-state index in [9.17, 15) is 0 Å². The van der Waals surface area contributed by atoms with Gasteiger partial charge in [-0.2, -0.15) is 0 Å². The molecule has 0 N–H and O–H groups in total. The lowest BCUT2D eigenvalue weighted by atomic mass is 9.37. The van der Waals surface area contributed by atoms with Crippen LogP contribution in [0.5, 0.6) is 0 Å². The van der Waals surface area contributed by atoms with Gasteiger partial charge in [-0.3, -0.25) is 0 Å². The van der Waals surface area contributed by atoms with Crippen molar-refractivity contribution in [2.75, 3.05) is 19.6 Å². The summed E-state index contributed by atoms with van der Waals surface area (Å²) in [6, 6.07) is 133. The molecule has 0 aromatic heterocycles. The van der Waals surface area contributed by atoms with Crippen LogP contribution in [0, 0.1) is 27.7 Å². The summed E-state index contributed by atoms with van der Waals surface area (Å²) in [7, 11) is 0. The number of fused-ring (bicyclic) bond motifs is 20. The van der Waals surface area contributed by atoms with Gasteiger partial charge in [0.05, 0.1) is 0 Å². The lowest BCUT2D eigenvalue weighted by Crippen LogP contribution is -2.54. The molecule has 0 spiro atoms. The van der Waals surface area contributed by atoms with E-state index in [4.69, 9.17) is 0 Å². The maximum absolute atomic E-state index is 2.45. The molecule has 8 heteroatoms. The highest BCUT2D eigenvalue weighted by atomic mass is 15.2. The Kier molecular flexibility index (Phi) is 14.9. The van der Waals surface area contributed by atoms with E-state index in [1.54, 1.807) is 0 Å². The molecule has 8 aliphatic rings. The molecule has 16 aromatic rings. The second-order valence-corrected chi connectivity index (χ2v) is 29.9. The van der Waals surface area contributed by atoms with Crippen molar-refractivity contribution >= 4 is 161 Å². The van der Waals surface area contributed by atoms with E-state index in [1.807, 2.05) is 0 Å². The van der Waals surface area contributed by atoms with Crippen molar-refractivity contribution in [1.29, 1.82) is 0 Å². The molecule has 8 aliphatic heterocycles. The zero-order valence-corrected chi connectivity index (χ0v) is 60.7. The van der Waals surface area contributed by atoms with E-state index in [0.717, 1.165) is 0 Å². The summed E-state index contributed by atoms with van der Waals surface area (Å²) in [4.78, 5) is 9.76. The summed E-state index contributed by atoms with van der Waals surface area (Å²) in [6.07, 6.45) is 0. The number of rotatable bonds is 4. The van der Waals surface area contributed by atoms with Gasteiger partial charge < -0.3 is 19.6 Å². The standard InChI is InChI=1S/4C25H18BN/c1-17-9-2-6-14-22(17)27-23-15-7-5-13-21(23)26-20-12-4-3-10-18(20)19-11-8-16-24(27)25(19)26;1-17-8-6-9-18(16-17)27-23-14-5-4-13-22(23)26-21-12-3-2-10-19(21)20-11-7-15-24(27)25(20)26;1-17-13-15-18(16-14-17)27-23-11-5-4-10-22(23)26-21-9-3-2-7-19(21)20-8-6-12-24(27)25(20)26;1-17-15-16-20-19-11-5-6-12-21(19)26-22-13-7-8-14-23(22)27(25(17)24(20)26)18-9-3-2-4-10-18/h4*2-16H,1H3. The van der Waals surface area contributed by atoms with Crippen LogP contribution < -0.4 is 85.2 Å². The smallest absolute Gasteiger partial charge is 0.248 e. The van der Waals surface area contributed by atoms with Crippen molar-refractivity contribution < 1.29 is 0 Å². The van der Waals surface area contributed by atoms with Crippen molar-refractivity contribution in [3.05, 3.63) is 386 Å². The fourth-order valence-electron chi connectivity index (χ4n) is 19.5. The van der Waals surface area contributed by atoms with Crippen LogP contribution in [0.3, 0.4) is 0 Å². The number of anilines is 12. The molecular weight excluding hydrogens is 1300 g/mol. The summed E-state index contributed by atoms with van der Waals surface area (Å²) in [5, 5.41) is 0. The van der Waals surface area contributed by atoms with Gasteiger partial charge in [0.15, 0.2) is 0 Å². The highest BCUT2D eigenvalue weighted by molar-refractivity contribution is 7.03. The highest BCUT2D eigenvalue weighted by Crippen LogP contribution is 2.46. The number of benzene rings is 16. The molecular formula is C100H72B4N4. The Hall–Kier alpha value is -13.0. The van der Waals surface area contributed by atoms with Gasteiger partial charge in [0.25, 0.3) is 0 Å². The van der Waals surface area contributed by atoms with Gasteiger partial charge in [-0.25, -0.2) is 0 Å². The number of hydrogen-bond acceptors (Lipinski definition) is 4. The molecule has 0 saturated carbocycles. The fourth-order valence-corrected chi connectivity index (χ4v) is 19.5. The highest BCUT2D eigenvalue weighted by Gasteiger charge is 2.47. The Morgan fingerprint density at radius 2 is 0.491 bits per heavy atom. The molecule has 0 amide bonds. The Balaban J connectivity index is 0.0000000919. The minimum atomic E-state index is 0.322. The predicted molar refractivity (Wildman–Crippen MR) is 464 cm³/mol. The molecule has 24 rings (SSSR count). The third kappa shape index (κ3) is 9.69. The number of para-hydroxylation sites is 6. The first-order valence-electron chi connectivity index (χ1n) is 38.0. The van der Waals surface area contributed by atoms with Crippen molar-refractivity contribution in [3.8, 4) is 44.5 Å². The second-order valence-electron chi connectivity index (χ2n) is 29.9. The van der Waals surface area contributed by atoms with Gasteiger partial charge in [0, 0.05) is 68.2 Å². The largest absolute Gasteiger partial charge is 0.312 e. The van der Waals surface area contributed by atoms with Gasteiger partial charge in [-0.1, -0.05) is 306 Å². The first-order chi connectivity index (χ1) is 53.3. The molecule has 108 heavy (non-hydrogen) atoms. The maximum Gasteiger partial charge on any atom is 0.248 e. The Morgan fingerprint density at radius 1 is 0.176 bits per heavy atom. The van der Waals surface area contributed by atoms with Crippen LogP contribution in [-0.4, -0.2) is 26.9 Å². The van der Waals surface area contributed by atoms with Crippen LogP contribution in [0.15, 0.2) is 364 Å². The van der Waals surface area contributed by atoms with Gasteiger partial charge in [0.2, 0.25) is 26.9 Å². The van der Waals surface area contributed by atoms with E-state index >= 15 is 0 Å². The van der Waals surface area contributed by atoms with Crippen LogP contribution in [0.2, 0.25) is 0 Å². The van der Waals surface area contributed by atoms with E-state index in [0.29, 0.717) is 26.9 Å². The van der Waals surface area contributed by atoms with Crippen LogP contribution in [-0.2, 0) is 0 Å². The van der Waals surface area contributed by atoms with Crippen LogP contribution in [0.4, 0.5) is 68.2 Å². The number of aryl methyl sites for hydroxylation is 4. The van der Waals surface area contributed by atoms with Crippen LogP contribution >= 0.6 is 0 Å². The van der Waals surface area contributed by atoms with Crippen molar-refractivity contribution in [1.82, 2.24) is 0 Å². The molecule has 0 atom stereocenters. The van der Waals surface area contributed by atoms with Crippen molar-refractivity contribution in [2.45, 2.75) is 27.7 Å². The second kappa shape index (κ2) is 25.4. The van der Waals surface area contributed by atoms with Gasteiger partial charge in [0.1, 0.15) is 0 Å². The third-order valence-electron chi connectivity index (χ3n) is 23.9. The number of nitrogens with zero attached hydrogens (tertiary/aromatic N) is 4. The van der Waals surface area contributed by atoms with Gasteiger partial charge in [-0.15, -0.1) is 0 Å². The summed E-state index contributed by atoms with van der Waals surface area (Å²) in [6.45, 7) is 10.0. The van der Waals surface area contributed by atoms with Crippen LogP contribution in [0.1, 0.15) is 22.3 Å². The molecule has 0 bridgehead atoms. The summed E-state index contributed by atoms with van der Waals surface area (Å²) in [5.74, 6) is 0. The van der Waals surface area contributed by atoms with Crippen molar-refractivity contribution in [3.63, 3.8) is 0 Å². The topological polar surface area (TPSA) is 13.0 Å². The molecule has 0 unspecified atom stereocenters. The Bertz CT molecular complexity index is 6290. The minimum Gasteiger partial charge on any atom is -0.312 e. The lowest BCUT2D eigenvalue weighted by molar-refractivity contribution is 1.26. The summed E-state index contributed by atoms with van der Waals surface area (Å²) >= 11 is 0. The molecule has 0 radical (unpaired) electrons. The Morgan fingerprint density at radius 3 is 0.944 bits per heavy atom. The number of hydrogen-bond donors (Lipinski definition) is 0. The molecule has 4 nitrogen and oxygen atoms in total. The average Bonchev–Trinajstić information content (AvgIpc) is 1.53. The third-order valence-corrected chi connectivity index (χ3v) is 23.9. The molecule has 0 aliphatic carbocycles. The first kappa shape index (κ1) is 63.5. The molecule has 8 heterocycles. The Labute approximate surface area is 634 Å². The molecule has 0 saturated heterocycles. The average molecular weight is 1370 g/mol. The van der Waals surface area contributed by atoms with E-state index in [2.05, 4.69) is 411 Å². The van der Waals surface area contributed by atoms with E-state index < -0.39 is 0 Å². The normalized spacial score (nSPS) is 13.2. The van der Waals surface area contributed by atoms with Gasteiger partial charge in [-0.05, 0) is 218 Å². The maximum atomic E-state index is 2.45. The monoisotopic (exact) mass is 1370 g/mol. The minimum absolute atomic E-state index is 0.322. The summed E-state index contributed by atoms with van der Waals surface area (Å²) in [5.41, 5.74) is 48.6. The zero-order chi connectivity index (χ0) is 71.8. The molecule has 504 valence electrons. The van der Waals surface area contributed by atoms with E-state index in [1.165, 1.54) is 201 Å². The lowest BCUT2D eigenvalue weighted by Gasteiger charge is -2.37. The molecule has 0 fully saturated rings. The quantitative estimate of drug-likeness (QED) is 0.163. The van der Waals surface area contributed by atoms with Gasteiger partial charge >= 0.3 is 0 Å². The zero-order valence-electron chi connectivity index (χ0n) is 60.7. The van der Waals surface area contributed by atoms with Crippen molar-refractivity contribution in [2.24, 2.45) is 0 Å². The predicted octanol–water partition coefficient (Wildman–Crippen LogP) is 17.1. The first-order valence-corrected chi connectivity index (χ1v) is 38.0. The fraction of sp³-hybridized carbons (Fsp3) is 0.0400. The summed E-state index contributed by atoms with van der Waals surface area (Å²) < 4.78 is 0. The van der Waals surface area contributed by atoms with E-state index in [-0.39, 0.29) is 0 Å².